The molecule has 30 heavy (non-hydrogen) atoms. The van der Waals surface area contributed by atoms with E-state index in [2.05, 4.69) is 10.4 Å². The van der Waals surface area contributed by atoms with Gasteiger partial charge in [0.15, 0.2) is 0 Å². The largest absolute Gasteiger partial charge is 0.487 e. The highest BCUT2D eigenvalue weighted by atomic mass is 16.5. The molecule has 0 saturated heterocycles. The second-order valence-electron chi connectivity index (χ2n) is 7.54. The number of hydrogen-bond acceptors (Lipinski definition) is 6. The molecule has 4 rings (SSSR count). The van der Waals surface area contributed by atoms with Crippen LogP contribution in [-0.2, 0) is 17.9 Å². The van der Waals surface area contributed by atoms with Crippen LogP contribution in [0, 0.1) is 12.8 Å². The molecule has 1 unspecified atom stereocenters. The Morgan fingerprint density at radius 2 is 2.20 bits per heavy atom. The zero-order valence-electron chi connectivity index (χ0n) is 16.6. The smallest absolute Gasteiger partial charge is 0.256 e. The summed E-state index contributed by atoms with van der Waals surface area (Å²) in [5, 5.41) is 16.6. The highest BCUT2D eigenvalue weighted by Gasteiger charge is 2.24. The molecule has 9 nitrogen and oxygen atoms in total. The van der Waals surface area contributed by atoms with Gasteiger partial charge in [-0.2, -0.15) is 5.10 Å². The number of rotatable bonds is 9. The monoisotopic (exact) mass is 412 g/mol. The Morgan fingerprint density at radius 1 is 1.40 bits per heavy atom. The number of primary amides is 1. The number of nitrogens with one attached hydrogen (secondary N) is 1. The van der Waals surface area contributed by atoms with Crippen LogP contribution in [0.5, 0.6) is 5.75 Å². The van der Waals surface area contributed by atoms with Gasteiger partial charge >= 0.3 is 0 Å². The van der Waals surface area contributed by atoms with Gasteiger partial charge in [0.25, 0.3) is 5.91 Å². The lowest BCUT2D eigenvalue weighted by molar-refractivity contribution is -0.120. The first-order valence-electron chi connectivity index (χ1n) is 9.84. The minimum absolute atomic E-state index is 0.272. The molecule has 9 heteroatoms. The Balaban J connectivity index is 1.53. The van der Waals surface area contributed by atoms with Crippen LogP contribution in [0.4, 0.5) is 0 Å². The van der Waals surface area contributed by atoms with Crippen molar-refractivity contribution in [3.63, 3.8) is 0 Å². The summed E-state index contributed by atoms with van der Waals surface area (Å²) in [4.78, 5) is 24.0. The van der Waals surface area contributed by atoms with E-state index in [1.165, 1.54) is 12.8 Å². The SMILES string of the molecule is Cc1oc2ccc(OCc3ccnn3CC3CC3)cc2c1C(=O)NC(CO)C(N)=O. The summed E-state index contributed by atoms with van der Waals surface area (Å²) in [6.07, 6.45) is 4.26. The van der Waals surface area contributed by atoms with Gasteiger partial charge in [-0.3, -0.25) is 14.3 Å². The summed E-state index contributed by atoms with van der Waals surface area (Å²) in [6, 6.07) is 5.98. The summed E-state index contributed by atoms with van der Waals surface area (Å²) in [7, 11) is 0. The maximum absolute atomic E-state index is 12.7. The molecule has 0 bridgehead atoms. The summed E-state index contributed by atoms with van der Waals surface area (Å²) in [5.41, 5.74) is 6.96. The predicted molar refractivity (Wildman–Crippen MR) is 108 cm³/mol. The third kappa shape index (κ3) is 4.16. The van der Waals surface area contributed by atoms with Crippen LogP contribution < -0.4 is 15.8 Å². The molecule has 0 radical (unpaired) electrons. The van der Waals surface area contributed by atoms with Crippen molar-refractivity contribution in [1.29, 1.82) is 0 Å². The number of aliphatic hydroxyl groups is 1. The van der Waals surface area contributed by atoms with Gasteiger partial charge in [-0.15, -0.1) is 0 Å². The van der Waals surface area contributed by atoms with E-state index in [0.29, 0.717) is 35.0 Å². The second-order valence-corrected chi connectivity index (χ2v) is 7.54. The number of benzene rings is 1. The van der Waals surface area contributed by atoms with E-state index >= 15 is 0 Å². The van der Waals surface area contributed by atoms with Crippen molar-refractivity contribution < 1.29 is 23.8 Å². The number of aryl methyl sites for hydroxylation is 1. The standard InChI is InChI=1S/C21H24N4O5/c1-12-19(21(28)24-17(10-26)20(22)27)16-8-15(4-5-18(16)30-12)29-11-14-6-7-23-25(14)9-13-2-3-13/h4-8,13,17,26H,2-3,9-11H2,1H3,(H2,22,27)(H,24,28). The van der Waals surface area contributed by atoms with Crippen LogP contribution in [-0.4, -0.2) is 39.4 Å². The number of carbonyl (C=O) groups is 2. The Bertz CT molecular complexity index is 1080. The van der Waals surface area contributed by atoms with Crippen molar-refractivity contribution in [3.05, 3.63) is 47.5 Å². The Labute approximate surface area is 172 Å². The third-order valence-electron chi connectivity index (χ3n) is 5.21. The summed E-state index contributed by atoms with van der Waals surface area (Å²) >= 11 is 0. The number of aliphatic hydroxyl groups excluding tert-OH is 1. The fourth-order valence-corrected chi connectivity index (χ4v) is 3.36. The molecular weight excluding hydrogens is 388 g/mol. The molecule has 1 aliphatic rings. The van der Waals surface area contributed by atoms with Crippen molar-refractivity contribution in [3.8, 4) is 5.75 Å². The molecule has 3 aromatic rings. The van der Waals surface area contributed by atoms with Crippen LogP contribution in [0.2, 0.25) is 0 Å². The Hall–Kier alpha value is -3.33. The average molecular weight is 412 g/mol. The van der Waals surface area contributed by atoms with Gasteiger partial charge < -0.3 is 25.3 Å². The molecule has 1 aliphatic carbocycles. The molecule has 0 aliphatic heterocycles. The lowest BCUT2D eigenvalue weighted by atomic mass is 10.1. The number of amides is 2. The summed E-state index contributed by atoms with van der Waals surface area (Å²) < 4.78 is 13.6. The number of furan rings is 1. The summed E-state index contributed by atoms with van der Waals surface area (Å²) in [5.74, 6) is 0.304. The molecule has 2 heterocycles. The van der Waals surface area contributed by atoms with E-state index in [4.69, 9.17) is 14.9 Å². The number of nitrogens with zero attached hydrogens (tertiary/aromatic N) is 2. The number of aromatic nitrogens is 2. The van der Waals surface area contributed by atoms with E-state index < -0.39 is 24.5 Å². The van der Waals surface area contributed by atoms with Gasteiger partial charge in [-0.05, 0) is 49.9 Å². The van der Waals surface area contributed by atoms with Gasteiger partial charge in [-0.1, -0.05) is 0 Å². The van der Waals surface area contributed by atoms with Gasteiger partial charge in [0.2, 0.25) is 5.91 Å². The number of fused-ring (bicyclic) bond motifs is 1. The number of carbonyl (C=O) groups excluding carboxylic acids is 2. The van der Waals surface area contributed by atoms with Crippen LogP contribution >= 0.6 is 0 Å². The molecule has 2 amide bonds. The molecule has 1 saturated carbocycles. The molecule has 1 aromatic carbocycles. The first kappa shape index (κ1) is 20.0. The van der Waals surface area contributed by atoms with Crippen molar-refractivity contribution >= 4 is 22.8 Å². The first-order valence-corrected chi connectivity index (χ1v) is 9.84. The molecule has 158 valence electrons. The van der Waals surface area contributed by atoms with E-state index in [-0.39, 0.29) is 5.56 Å². The molecule has 2 aromatic heterocycles. The van der Waals surface area contributed by atoms with Crippen molar-refractivity contribution in [1.82, 2.24) is 15.1 Å². The van der Waals surface area contributed by atoms with Crippen LogP contribution in [0.15, 0.2) is 34.9 Å². The van der Waals surface area contributed by atoms with Crippen LogP contribution in [0.25, 0.3) is 11.0 Å². The van der Waals surface area contributed by atoms with Gasteiger partial charge in [0, 0.05) is 18.1 Å². The zero-order valence-corrected chi connectivity index (χ0v) is 16.6. The maximum atomic E-state index is 12.7. The maximum Gasteiger partial charge on any atom is 0.256 e. The molecule has 0 spiro atoms. The van der Waals surface area contributed by atoms with E-state index in [0.717, 1.165) is 12.2 Å². The van der Waals surface area contributed by atoms with Crippen molar-refractivity contribution in [2.45, 2.75) is 39.0 Å². The molecule has 1 fully saturated rings. The van der Waals surface area contributed by atoms with Gasteiger partial charge in [0.1, 0.15) is 29.7 Å². The summed E-state index contributed by atoms with van der Waals surface area (Å²) in [6.45, 7) is 2.33. The van der Waals surface area contributed by atoms with Crippen LogP contribution in [0.3, 0.4) is 0 Å². The lowest BCUT2D eigenvalue weighted by Crippen LogP contribution is -2.46. The van der Waals surface area contributed by atoms with Crippen molar-refractivity contribution in [2.75, 3.05) is 6.61 Å². The predicted octanol–water partition coefficient (Wildman–Crippen LogP) is 1.50. The molecular formula is C21H24N4O5. The highest BCUT2D eigenvalue weighted by molar-refractivity contribution is 6.08. The quantitative estimate of drug-likeness (QED) is 0.488. The van der Waals surface area contributed by atoms with E-state index in [9.17, 15) is 14.7 Å². The molecule has 1 atom stereocenters. The topological polar surface area (TPSA) is 133 Å². The fourth-order valence-electron chi connectivity index (χ4n) is 3.36. The normalized spacial score (nSPS) is 14.6. The Kier molecular flexibility index (Phi) is 5.45. The van der Waals surface area contributed by atoms with E-state index in [1.807, 2.05) is 10.7 Å². The zero-order chi connectivity index (χ0) is 21.3. The number of nitrogens with two attached hydrogens (primary N) is 1. The number of hydrogen-bond donors (Lipinski definition) is 3. The second kappa shape index (κ2) is 8.19. The number of ether oxygens (including phenoxy) is 1. The minimum Gasteiger partial charge on any atom is -0.487 e. The van der Waals surface area contributed by atoms with Gasteiger partial charge in [-0.25, -0.2) is 0 Å². The fraction of sp³-hybridized carbons (Fsp3) is 0.381. The molecule has 4 N–H and O–H groups in total. The minimum atomic E-state index is -1.17. The first-order chi connectivity index (χ1) is 14.5. The van der Waals surface area contributed by atoms with Crippen molar-refractivity contribution in [2.24, 2.45) is 11.7 Å². The van der Waals surface area contributed by atoms with E-state index in [1.54, 1.807) is 31.3 Å². The lowest BCUT2D eigenvalue weighted by Gasteiger charge is -2.12. The van der Waals surface area contributed by atoms with Crippen LogP contribution in [0.1, 0.15) is 34.7 Å². The third-order valence-corrected chi connectivity index (χ3v) is 5.21. The van der Waals surface area contributed by atoms with Gasteiger partial charge in [0.05, 0.1) is 17.9 Å². The Morgan fingerprint density at radius 3 is 2.90 bits per heavy atom. The highest BCUT2D eigenvalue weighted by Crippen LogP contribution is 2.31. The average Bonchev–Trinajstić information content (AvgIpc) is 3.31.